The van der Waals surface area contributed by atoms with Crippen molar-refractivity contribution in [3.8, 4) is 5.75 Å². The second-order valence-corrected chi connectivity index (χ2v) is 8.91. The topological polar surface area (TPSA) is 41.6 Å². The maximum Gasteiger partial charge on any atom is 0.255 e. The molecule has 0 aliphatic carbocycles. The summed E-state index contributed by atoms with van der Waals surface area (Å²) in [6.45, 7) is 11.2. The van der Waals surface area contributed by atoms with E-state index in [0.29, 0.717) is 12.2 Å². The molecule has 0 bridgehead atoms. The minimum atomic E-state index is -0.109. The number of hydrogen-bond donors (Lipinski definition) is 1. The monoisotopic (exact) mass is 444 g/mol. The summed E-state index contributed by atoms with van der Waals surface area (Å²) in [6.07, 6.45) is 0.885. The van der Waals surface area contributed by atoms with Gasteiger partial charge >= 0.3 is 0 Å². The molecule has 5 heteroatoms. The Kier molecular flexibility index (Phi) is 6.15. The number of rotatable bonds is 5. The van der Waals surface area contributed by atoms with Gasteiger partial charge in [-0.25, -0.2) is 0 Å². The van der Waals surface area contributed by atoms with Crippen LogP contribution in [-0.4, -0.2) is 31.0 Å². The van der Waals surface area contributed by atoms with E-state index in [1.165, 1.54) is 16.7 Å². The van der Waals surface area contributed by atoms with Gasteiger partial charge in [0.25, 0.3) is 5.91 Å². The van der Waals surface area contributed by atoms with Crippen LogP contribution in [0.25, 0.3) is 0 Å². The second-order valence-electron chi connectivity index (χ2n) is 8.06. The lowest BCUT2D eigenvalue weighted by Crippen LogP contribution is -2.40. The van der Waals surface area contributed by atoms with E-state index < -0.39 is 0 Å². The Balaban J connectivity index is 1.92. The molecule has 1 aliphatic heterocycles. The molecule has 28 heavy (non-hydrogen) atoms. The van der Waals surface area contributed by atoms with E-state index in [1.807, 2.05) is 13.0 Å². The maximum absolute atomic E-state index is 12.9. The van der Waals surface area contributed by atoms with Crippen molar-refractivity contribution in [1.82, 2.24) is 4.90 Å². The van der Waals surface area contributed by atoms with Crippen LogP contribution < -0.4 is 10.1 Å². The zero-order valence-electron chi connectivity index (χ0n) is 17.4. The van der Waals surface area contributed by atoms with Crippen molar-refractivity contribution in [1.29, 1.82) is 0 Å². The van der Waals surface area contributed by atoms with E-state index in [1.54, 1.807) is 12.1 Å². The van der Waals surface area contributed by atoms with Crippen LogP contribution in [0.4, 0.5) is 5.69 Å². The van der Waals surface area contributed by atoms with Gasteiger partial charge in [0.2, 0.25) is 0 Å². The van der Waals surface area contributed by atoms with Crippen LogP contribution >= 0.6 is 15.9 Å². The molecule has 2 aromatic carbocycles. The Morgan fingerprint density at radius 3 is 2.64 bits per heavy atom. The Bertz CT molecular complexity index is 892. The second kappa shape index (κ2) is 8.26. The molecule has 0 aromatic heterocycles. The Morgan fingerprint density at radius 2 is 2.00 bits per heavy atom. The van der Waals surface area contributed by atoms with Gasteiger partial charge in [-0.05, 0) is 77.3 Å². The number of fused-ring (bicyclic) bond motifs is 1. The van der Waals surface area contributed by atoms with Crippen LogP contribution in [0.3, 0.4) is 0 Å². The van der Waals surface area contributed by atoms with Gasteiger partial charge in [0.05, 0.1) is 11.1 Å². The Labute approximate surface area is 176 Å². The molecule has 2 aromatic rings. The molecule has 0 atom stereocenters. The van der Waals surface area contributed by atoms with Gasteiger partial charge in [-0.3, -0.25) is 4.79 Å². The van der Waals surface area contributed by atoms with E-state index in [2.05, 4.69) is 66.1 Å². The predicted molar refractivity (Wildman–Crippen MR) is 118 cm³/mol. The first-order chi connectivity index (χ1) is 13.3. The molecule has 0 fully saturated rings. The number of carbonyl (C=O) groups is 1. The first kappa shape index (κ1) is 20.9. The van der Waals surface area contributed by atoms with Crippen molar-refractivity contribution < 1.29 is 9.53 Å². The van der Waals surface area contributed by atoms with Gasteiger partial charge in [-0.15, -0.1) is 0 Å². The molecular formula is C23H29BrN2O2. The van der Waals surface area contributed by atoms with Crippen molar-refractivity contribution in [3.63, 3.8) is 0 Å². The number of likely N-dealkylation sites (N-methyl/N-ethyl adjacent to an activating group) is 1. The molecule has 1 heterocycles. The number of benzene rings is 2. The third-order valence-electron chi connectivity index (χ3n) is 5.35. The van der Waals surface area contributed by atoms with Crippen molar-refractivity contribution in [2.45, 2.75) is 46.1 Å². The maximum atomic E-state index is 12.9. The van der Waals surface area contributed by atoms with Crippen LogP contribution in [0.1, 0.15) is 54.7 Å². The molecule has 3 rings (SSSR count). The van der Waals surface area contributed by atoms with Crippen LogP contribution in [0, 0.1) is 0 Å². The normalized spacial score (nSPS) is 15.8. The number of nitrogens with one attached hydrogen (secondary N) is 1. The number of amides is 1. The first-order valence-electron chi connectivity index (χ1n) is 9.84. The van der Waals surface area contributed by atoms with Gasteiger partial charge in [-0.1, -0.05) is 26.8 Å². The summed E-state index contributed by atoms with van der Waals surface area (Å²) in [5, 5.41) is 3.13. The highest BCUT2D eigenvalue weighted by Crippen LogP contribution is 2.37. The zero-order chi connectivity index (χ0) is 20.5. The molecule has 0 radical (unpaired) electrons. The molecule has 0 saturated carbocycles. The summed E-state index contributed by atoms with van der Waals surface area (Å²) in [4.78, 5) is 15.2. The van der Waals surface area contributed by atoms with E-state index in [9.17, 15) is 4.79 Å². The minimum Gasteiger partial charge on any atom is -0.493 e. The molecule has 0 unspecified atom stereocenters. The van der Waals surface area contributed by atoms with Crippen LogP contribution in [0.15, 0.2) is 34.8 Å². The summed E-state index contributed by atoms with van der Waals surface area (Å²) < 4.78 is 6.32. The fraction of sp³-hybridized carbons (Fsp3) is 0.435. The minimum absolute atomic E-state index is 0.106. The number of anilines is 1. The van der Waals surface area contributed by atoms with Gasteiger partial charge in [0.1, 0.15) is 5.75 Å². The lowest BCUT2D eigenvalue weighted by molar-refractivity contribution is 0.102. The zero-order valence-corrected chi connectivity index (χ0v) is 18.9. The summed E-state index contributed by atoms with van der Waals surface area (Å²) in [5.41, 5.74) is 5.59. The smallest absolute Gasteiger partial charge is 0.255 e. The lowest BCUT2D eigenvalue weighted by Gasteiger charge is -2.39. The summed E-state index contributed by atoms with van der Waals surface area (Å²) in [5.74, 6) is 0.633. The highest BCUT2D eigenvalue weighted by atomic mass is 79.9. The number of carbonyl (C=O) groups excluding carboxylic acids is 1. The average molecular weight is 445 g/mol. The quantitative estimate of drug-likeness (QED) is 0.672. The van der Waals surface area contributed by atoms with Crippen molar-refractivity contribution in [2.75, 3.05) is 25.5 Å². The van der Waals surface area contributed by atoms with E-state index in [0.717, 1.165) is 35.4 Å². The highest BCUT2D eigenvalue weighted by Gasteiger charge is 2.32. The highest BCUT2D eigenvalue weighted by molar-refractivity contribution is 9.10. The molecule has 150 valence electrons. The van der Waals surface area contributed by atoms with Crippen molar-refractivity contribution in [3.05, 3.63) is 57.1 Å². The van der Waals surface area contributed by atoms with Gasteiger partial charge < -0.3 is 15.0 Å². The molecule has 1 amide bonds. The summed E-state index contributed by atoms with van der Waals surface area (Å²) >= 11 is 3.49. The lowest BCUT2D eigenvalue weighted by atomic mass is 9.76. The third-order valence-corrected chi connectivity index (χ3v) is 5.97. The summed E-state index contributed by atoms with van der Waals surface area (Å²) in [6, 6.07) is 9.68. The van der Waals surface area contributed by atoms with Gasteiger partial charge in [0, 0.05) is 29.8 Å². The van der Waals surface area contributed by atoms with Crippen molar-refractivity contribution in [2.24, 2.45) is 0 Å². The number of ether oxygens (including phenoxy) is 1. The molecule has 1 N–H and O–H groups in total. The van der Waals surface area contributed by atoms with E-state index in [4.69, 9.17) is 4.74 Å². The molecule has 0 spiro atoms. The van der Waals surface area contributed by atoms with E-state index >= 15 is 0 Å². The van der Waals surface area contributed by atoms with Crippen LogP contribution in [0.2, 0.25) is 0 Å². The Morgan fingerprint density at radius 1 is 1.25 bits per heavy atom. The Hall–Kier alpha value is -1.85. The third kappa shape index (κ3) is 4.11. The average Bonchev–Trinajstić information content (AvgIpc) is 2.62. The molecular weight excluding hydrogens is 416 g/mol. The fourth-order valence-corrected chi connectivity index (χ4v) is 4.72. The predicted octanol–water partition coefficient (Wildman–Crippen LogP) is 5.39. The van der Waals surface area contributed by atoms with Crippen LogP contribution in [-0.2, 0) is 18.4 Å². The standard InChI is InChI=1S/C23H29BrN2O2/c1-6-16-17-13-26(5)14-23(3,4)18(17)9-10-20(16)25-22(27)15-8-11-21(28-7-2)19(24)12-15/h8-12H,6-7,13-14H2,1-5H3,(H,25,27). The number of nitrogens with zero attached hydrogens (tertiary/aromatic N) is 1. The van der Waals surface area contributed by atoms with Crippen LogP contribution in [0.5, 0.6) is 5.75 Å². The fourth-order valence-electron chi connectivity index (χ4n) is 4.22. The summed E-state index contributed by atoms with van der Waals surface area (Å²) in [7, 11) is 2.16. The first-order valence-corrected chi connectivity index (χ1v) is 10.6. The SMILES string of the molecule is CCOc1ccc(C(=O)Nc2ccc3c(c2CC)CN(C)CC3(C)C)cc1Br. The van der Waals surface area contributed by atoms with Gasteiger partial charge in [0.15, 0.2) is 0 Å². The van der Waals surface area contributed by atoms with Gasteiger partial charge in [-0.2, -0.15) is 0 Å². The number of halogens is 1. The van der Waals surface area contributed by atoms with Crippen molar-refractivity contribution >= 4 is 27.5 Å². The molecule has 0 saturated heterocycles. The van der Waals surface area contributed by atoms with E-state index in [-0.39, 0.29) is 11.3 Å². The molecule has 4 nitrogen and oxygen atoms in total. The largest absolute Gasteiger partial charge is 0.493 e. The number of hydrogen-bond acceptors (Lipinski definition) is 3. The molecule has 1 aliphatic rings.